The van der Waals surface area contributed by atoms with Crippen LogP contribution in [0.4, 0.5) is 0 Å². The van der Waals surface area contributed by atoms with E-state index in [2.05, 4.69) is 11.8 Å². The predicted octanol–water partition coefficient (Wildman–Crippen LogP) is 3.76. The van der Waals surface area contributed by atoms with Gasteiger partial charge in [0.15, 0.2) is 0 Å². The highest BCUT2D eigenvalue weighted by Crippen LogP contribution is 2.43. The molecule has 0 N–H and O–H groups in total. The van der Waals surface area contributed by atoms with Gasteiger partial charge in [-0.2, -0.15) is 0 Å². The lowest BCUT2D eigenvalue weighted by molar-refractivity contribution is -0.138. The minimum absolute atomic E-state index is 0.166. The van der Waals surface area contributed by atoms with Crippen LogP contribution in [-0.4, -0.2) is 72.7 Å². The summed E-state index contributed by atoms with van der Waals surface area (Å²) in [5, 5.41) is 0. The Morgan fingerprint density at radius 2 is 1.29 bits per heavy atom. The predicted molar refractivity (Wildman–Crippen MR) is 162 cm³/mol. The second-order valence-electron chi connectivity index (χ2n) is 12.5. The topological polar surface area (TPSA) is 120 Å². The van der Waals surface area contributed by atoms with Crippen molar-refractivity contribution in [3.8, 4) is 0 Å². The van der Waals surface area contributed by atoms with Crippen LogP contribution in [0.1, 0.15) is 80.3 Å². The van der Waals surface area contributed by atoms with Crippen LogP contribution in [-0.2, 0) is 54.6 Å². The van der Waals surface area contributed by atoms with Crippen molar-refractivity contribution >= 4 is 30.1 Å². The van der Waals surface area contributed by atoms with E-state index >= 15 is 0 Å². The number of nitrogens with zero attached hydrogens (tertiary/aromatic N) is 2. The fourth-order valence-electron chi connectivity index (χ4n) is 7.15. The molecular weight excluding hydrogens is 576 g/mol. The number of piperidine rings is 1. The van der Waals surface area contributed by atoms with E-state index in [-0.39, 0.29) is 35.8 Å². The Bertz CT molecular complexity index is 1630. The largest absolute Gasteiger partial charge is 0.457 e. The van der Waals surface area contributed by atoms with Gasteiger partial charge in [-0.15, -0.1) is 0 Å². The molecule has 7 rings (SSSR count). The summed E-state index contributed by atoms with van der Waals surface area (Å²) in [5.74, 6) is -0.628. The van der Waals surface area contributed by atoms with Gasteiger partial charge in [-0.1, -0.05) is 12.1 Å². The van der Waals surface area contributed by atoms with E-state index < -0.39 is 0 Å². The van der Waals surface area contributed by atoms with Gasteiger partial charge in [-0.3, -0.25) is 4.79 Å². The van der Waals surface area contributed by atoms with Gasteiger partial charge in [0, 0.05) is 30.6 Å². The summed E-state index contributed by atoms with van der Waals surface area (Å²) < 4.78 is 15.2. The Balaban J connectivity index is 0.000000213. The molecule has 0 bridgehead atoms. The van der Waals surface area contributed by atoms with Gasteiger partial charge in [0.05, 0.1) is 27.8 Å². The van der Waals surface area contributed by atoms with E-state index in [9.17, 15) is 24.0 Å². The van der Waals surface area contributed by atoms with Gasteiger partial charge in [0.1, 0.15) is 26.1 Å². The second kappa shape index (κ2) is 12.2. The van der Waals surface area contributed by atoms with Crippen molar-refractivity contribution in [3.05, 3.63) is 80.0 Å². The number of carbonyl (C=O) groups is 5. The van der Waals surface area contributed by atoms with Gasteiger partial charge in [0.25, 0.3) is 0 Å². The Hall–Kier alpha value is -4.31. The maximum atomic E-state index is 13.3. The maximum absolute atomic E-state index is 13.3. The third-order valence-electron chi connectivity index (χ3n) is 10.3. The minimum Gasteiger partial charge on any atom is -0.457 e. The molecule has 0 atom stereocenters. The van der Waals surface area contributed by atoms with Crippen LogP contribution in [0.15, 0.2) is 35.5 Å². The summed E-state index contributed by atoms with van der Waals surface area (Å²) >= 11 is 0. The number of rotatable bonds is 6. The summed E-state index contributed by atoms with van der Waals surface area (Å²) in [6.07, 6.45) is 4.75. The number of hydrogen-bond donors (Lipinski definition) is 0. The van der Waals surface area contributed by atoms with Crippen LogP contribution in [0, 0.1) is 19.3 Å². The molecule has 0 aliphatic carbocycles. The lowest BCUT2D eigenvalue weighted by atomic mass is 9.77. The molecule has 45 heavy (non-hydrogen) atoms. The minimum atomic E-state index is -0.309. The van der Waals surface area contributed by atoms with E-state index in [0.29, 0.717) is 42.9 Å². The molecule has 5 aliphatic rings. The second-order valence-corrected chi connectivity index (χ2v) is 12.5. The van der Waals surface area contributed by atoms with Crippen LogP contribution >= 0.6 is 0 Å². The van der Waals surface area contributed by atoms with Crippen molar-refractivity contribution in [2.45, 2.75) is 66.1 Å². The molecule has 5 heterocycles. The first-order valence-corrected chi connectivity index (χ1v) is 15.6. The van der Waals surface area contributed by atoms with E-state index in [4.69, 9.17) is 14.2 Å². The average Bonchev–Trinajstić information content (AvgIpc) is 3.78. The van der Waals surface area contributed by atoms with Gasteiger partial charge >= 0.3 is 17.9 Å². The number of cyclic esters (lactones) is 3. The molecule has 1 amide bonds. The van der Waals surface area contributed by atoms with Crippen molar-refractivity contribution in [1.82, 2.24) is 9.80 Å². The van der Waals surface area contributed by atoms with Crippen LogP contribution in [0.2, 0.25) is 0 Å². The van der Waals surface area contributed by atoms with Gasteiger partial charge < -0.3 is 28.8 Å². The van der Waals surface area contributed by atoms with E-state index in [1.54, 1.807) is 17.9 Å². The first kappa shape index (κ1) is 30.7. The standard InChI is InChI=1S/C24H28N2O5.C11H10O3/c1-15-17(3-4-18-19(15)13-30-22(18)28)5-9-25-10-6-24(7-11-25)8-12-26(23(24)29)20-14-31-21(27)16(20)2;1-7-8(4-5-12)2-3-9-10(7)6-14-11(9)13/h3-4H,5-14H2,1-2H3;2-3,5H,4,6H2,1H3. The monoisotopic (exact) mass is 614 g/mol. The zero-order valence-corrected chi connectivity index (χ0v) is 26.0. The van der Waals surface area contributed by atoms with Crippen LogP contribution in [0.25, 0.3) is 0 Å². The van der Waals surface area contributed by atoms with Crippen LogP contribution in [0.5, 0.6) is 0 Å². The first-order valence-electron chi connectivity index (χ1n) is 15.6. The quantitative estimate of drug-likeness (QED) is 0.272. The lowest BCUT2D eigenvalue weighted by Gasteiger charge is -2.38. The van der Waals surface area contributed by atoms with Gasteiger partial charge in [-0.25, -0.2) is 14.4 Å². The van der Waals surface area contributed by atoms with Crippen molar-refractivity contribution in [1.29, 1.82) is 0 Å². The molecule has 5 aliphatic heterocycles. The molecule has 2 saturated heterocycles. The zero-order valence-electron chi connectivity index (χ0n) is 26.0. The fraction of sp³-hybridized carbons (Fsp3) is 0.457. The van der Waals surface area contributed by atoms with Gasteiger partial charge in [-0.05, 0) is 93.9 Å². The summed E-state index contributed by atoms with van der Waals surface area (Å²) in [6, 6.07) is 7.48. The summed E-state index contributed by atoms with van der Waals surface area (Å²) in [6.45, 7) is 10.1. The number of fused-ring (bicyclic) bond motifs is 2. The molecular formula is C35H38N2O8. The van der Waals surface area contributed by atoms with Crippen LogP contribution < -0.4 is 0 Å². The Labute approximate surface area is 262 Å². The summed E-state index contributed by atoms with van der Waals surface area (Å²) in [5.41, 5.74) is 8.70. The normalized spacial score (nSPS) is 20.1. The highest BCUT2D eigenvalue weighted by atomic mass is 16.5. The highest BCUT2D eigenvalue weighted by Gasteiger charge is 2.50. The third-order valence-corrected chi connectivity index (χ3v) is 10.3. The van der Waals surface area contributed by atoms with Crippen LogP contribution in [0.3, 0.4) is 0 Å². The van der Waals surface area contributed by atoms with Crippen molar-refractivity contribution in [2.75, 3.05) is 32.8 Å². The first-order chi connectivity index (χ1) is 21.6. The number of esters is 3. The highest BCUT2D eigenvalue weighted by molar-refractivity contribution is 5.95. The van der Waals surface area contributed by atoms with Crippen molar-refractivity contribution < 1.29 is 38.2 Å². The number of benzene rings is 2. The molecule has 10 heteroatoms. The van der Waals surface area contributed by atoms with E-state index in [1.165, 1.54) is 5.56 Å². The number of likely N-dealkylation sites (tertiary alicyclic amines) is 2. The molecule has 2 fully saturated rings. The molecule has 10 nitrogen and oxygen atoms in total. The molecule has 0 saturated carbocycles. The Morgan fingerprint density at radius 3 is 1.87 bits per heavy atom. The van der Waals surface area contributed by atoms with Gasteiger partial charge in [0.2, 0.25) is 5.91 Å². The fourth-order valence-corrected chi connectivity index (χ4v) is 7.15. The number of amides is 1. The molecule has 2 aromatic rings. The maximum Gasteiger partial charge on any atom is 0.338 e. The van der Waals surface area contributed by atoms with E-state index in [1.807, 2.05) is 25.1 Å². The summed E-state index contributed by atoms with van der Waals surface area (Å²) in [7, 11) is 0. The number of aldehydes is 1. The molecule has 0 radical (unpaired) electrons. The lowest BCUT2D eigenvalue weighted by Crippen LogP contribution is -2.45. The SMILES string of the molecule is CC1=C(N2CCC3(CCN(CCc4ccc5c(c4C)COC5=O)CC3)C2=O)COC1=O.Cc1c(CC=O)ccc2c1COC2=O. The smallest absolute Gasteiger partial charge is 0.338 e. The number of ether oxygens (including phenoxy) is 3. The molecule has 1 spiro atoms. The van der Waals surface area contributed by atoms with Crippen molar-refractivity contribution in [2.24, 2.45) is 5.41 Å². The van der Waals surface area contributed by atoms with E-state index in [0.717, 1.165) is 85.1 Å². The molecule has 236 valence electrons. The Morgan fingerprint density at radius 1 is 0.733 bits per heavy atom. The van der Waals surface area contributed by atoms with Crippen molar-refractivity contribution in [3.63, 3.8) is 0 Å². The Kier molecular flexibility index (Phi) is 8.35. The summed E-state index contributed by atoms with van der Waals surface area (Å²) in [4.78, 5) is 62.5. The molecule has 0 aromatic heterocycles. The average molecular weight is 615 g/mol. The number of hydrogen-bond acceptors (Lipinski definition) is 9. The zero-order chi connectivity index (χ0) is 31.9. The third kappa shape index (κ3) is 5.56. The number of carbonyl (C=O) groups excluding carboxylic acids is 5. The molecule has 2 aromatic carbocycles. The molecule has 0 unspecified atom stereocenters.